The zero-order chi connectivity index (χ0) is 9.80. The van der Waals surface area contributed by atoms with Crippen molar-refractivity contribution >= 4 is 23.7 Å². The Balaban J connectivity index is 0.00000112. The van der Waals surface area contributed by atoms with Gasteiger partial charge < -0.3 is 5.32 Å². The van der Waals surface area contributed by atoms with Gasteiger partial charge in [0.2, 0.25) is 0 Å². The van der Waals surface area contributed by atoms with Gasteiger partial charge in [-0.1, -0.05) is 11.2 Å². The molecule has 82 valence electrons. The molecule has 1 aliphatic rings. The maximum atomic E-state index is 8.28. The third-order valence-electron chi connectivity index (χ3n) is 2.63. The lowest BCUT2D eigenvalue weighted by molar-refractivity contribution is 0.535. The van der Waals surface area contributed by atoms with Gasteiger partial charge in [0.25, 0.3) is 0 Å². The van der Waals surface area contributed by atoms with Gasteiger partial charge in [-0.05, 0) is 29.4 Å². The number of nitrogens with one attached hydrogen (secondary N) is 1. The van der Waals surface area contributed by atoms with Crippen LogP contribution in [0.2, 0.25) is 0 Å². The van der Waals surface area contributed by atoms with Gasteiger partial charge in [-0.2, -0.15) is 0 Å². The first-order valence-corrected chi connectivity index (χ1v) is 5.54. The second-order valence-electron chi connectivity index (χ2n) is 3.45. The van der Waals surface area contributed by atoms with E-state index in [2.05, 4.69) is 32.9 Å². The molecular formula is C9H13ClN4S. The summed E-state index contributed by atoms with van der Waals surface area (Å²) in [5, 5.41) is 9.10. The van der Waals surface area contributed by atoms with Crippen LogP contribution in [0.5, 0.6) is 0 Å². The molecular weight excluding hydrogens is 232 g/mol. The summed E-state index contributed by atoms with van der Waals surface area (Å²) in [6.45, 7) is 2.57. The van der Waals surface area contributed by atoms with Crippen LogP contribution in [0.1, 0.15) is 10.8 Å². The van der Waals surface area contributed by atoms with Crippen LogP contribution in [0.25, 0.3) is 10.4 Å². The zero-order valence-electron chi connectivity index (χ0n) is 8.17. The van der Waals surface area contributed by atoms with Gasteiger partial charge >= 0.3 is 0 Å². The number of thiophene rings is 1. The highest BCUT2D eigenvalue weighted by Crippen LogP contribution is 2.31. The van der Waals surface area contributed by atoms with E-state index < -0.39 is 0 Å². The van der Waals surface area contributed by atoms with Crippen molar-refractivity contribution < 1.29 is 0 Å². The standard InChI is InChI=1S/C9H12N4S.ClH/c10-13-12-5-7-4-11-6-8(7)9-2-1-3-14-9;/h1-3,7-8,11H,4-6H2;1H. The minimum absolute atomic E-state index is 0. The molecule has 15 heavy (non-hydrogen) atoms. The summed E-state index contributed by atoms with van der Waals surface area (Å²) in [5.74, 6) is 0.991. The second-order valence-corrected chi connectivity index (χ2v) is 4.43. The van der Waals surface area contributed by atoms with Gasteiger partial charge in [-0.25, -0.2) is 0 Å². The van der Waals surface area contributed by atoms with Gasteiger partial charge in [0, 0.05) is 28.8 Å². The summed E-state index contributed by atoms with van der Waals surface area (Å²) < 4.78 is 0. The molecule has 1 aromatic heterocycles. The SMILES string of the molecule is Cl.[N-]=[N+]=NCC1CNCC1c1cccs1. The lowest BCUT2D eigenvalue weighted by atomic mass is 9.95. The number of hydrogen-bond acceptors (Lipinski definition) is 3. The minimum Gasteiger partial charge on any atom is -0.316 e. The molecule has 0 amide bonds. The topological polar surface area (TPSA) is 60.8 Å². The molecule has 0 saturated carbocycles. The molecule has 0 radical (unpaired) electrons. The quantitative estimate of drug-likeness (QED) is 0.496. The van der Waals surface area contributed by atoms with E-state index in [1.54, 1.807) is 11.3 Å². The molecule has 1 aliphatic heterocycles. The third kappa shape index (κ3) is 2.86. The molecule has 0 aliphatic carbocycles. The fourth-order valence-corrected chi connectivity index (χ4v) is 2.82. The molecule has 0 bridgehead atoms. The van der Waals surface area contributed by atoms with E-state index in [9.17, 15) is 0 Å². The Morgan fingerprint density at radius 1 is 1.60 bits per heavy atom. The van der Waals surface area contributed by atoms with Crippen LogP contribution in [-0.2, 0) is 0 Å². The number of rotatable bonds is 3. The lowest BCUT2D eigenvalue weighted by Crippen LogP contribution is -2.12. The first-order valence-electron chi connectivity index (χ1n) is 4.67. The smallest absolute Gasteiger partial charge is 0.0304 e. The van der Waals surface area contributed by atoms with Crippen molar-refractivity contribution in [2.75, 3.05) is 19.6 Å². The van der Waals surface area contributed by atoms with E-state index in [-0.39, 0.29) is 12.4 Å². The van der Waals surface area contributed by atoms with Gasteiger partial charge in [0.05, 0.1) is 0 Å². The molecule has 2 atom stereocenters. The molecule has 1 N–H and O–H groups in total. The van der Waals surface area contributed by atoms with E-state index in [1.165, 1.54) is 4.88 Å². The summed E-state index contributed by atoms with van der Waals surface area (Å²) in [7, 11) is 0. The molecule has 4 nitrogen and oxygen atoms in total. The molecule has 6 heteroatoms. The highest BCUT2D eigenvalue weighted by molar-refractivity contribution is 7.10. The first-order chi connectivity index (χ1) is 6.92. The number of nitrogens with zero attached hydrogens (tertiary/aromatic N) is 3. The molecule has 0 aromatic carbocycles. The van der Waals surface area contributed by atoms with Crippen molar-refractivity contribution in [3.05, 3.63) is 32.8 Å². The van der Waals surface area contributed by atoms with Crippen LogP contribution < -0.4 is 5.32 Å². The average Bonchev–Trinajstić information content (AvgIpc) is 2.84. The zero-order valence-corrected chi connectivity index (χ0v) is 9.80. The van der Waals surface area contributed by atoms with Crippen LogP contribution in [0.15, 0.2) is 22.6 Å². The van der Waals surface area contributed by atoms with Crippen LogP contribution in [0.3, 0.4) is 0 Å². The number of halogens is 1. The largest absolute Gasteiger partial charge is 0.316 e. The summed E-state index contributed by atoms with van der Waals surface area (Å²) in [6, 6.07) is 4.23. The van der Waals surface area contributed by atoms with E-state index in [4.69, 9.17) is 5.53 Å². The van der Waals surface area contributed by atoms with Gasteiger partial charge in [-0.15, -0.1) is 23.7 Å². The summed E-state index contributed by atoms with van der Waals surface area (Å²) in [5.41, 5.74) is 8.28. The maximum Gasteiger partial charge on any atom is 0.0304 e. The van der Waals surface area contributed by atoms with Crippen molar-refractivity contribution in [1.29, 1.82) is 0 Å². The van der Waals surface area contributed by atoms with Crippen LogP contribution in [0.4, 0.5) is 0 Å². The molecule has 2 rings (SSSR count). The van der Waals surface area contributed by atoms with Crippen LogP contribution in [-0.4, -0.2) is 19.6 Å². The van der Waals surface area contributed by atoms with Crippen molar-refractivity contribution in [3.63, 3.8) is 0 Å². The van der Waals surface area contributed by atoms with Crippen molar-refractivity contribution in [2.45, 2.75) is 5.92 Å². The second kappa shape index (κ2) is 5.98. The minimum atomic E-state index is 0. The molecule has 1 aromatic rings. The highest BCUT2D eigenvalue weighted by Gasteiger charge is 2.28. The Kier molecular flexibility index (Phi) is 4.91. The first kappa shape index (κ1) is 12.3. The lowest BCUT2D eigenvalue weighted by Gasteiger charge is -2.14. The van der Waals surface area contributed by atoms with Crippen molar-refractivity contribution in [3.8, 4) is 0 Å². The molecule has 1 saturated heterocycles. The van der Waals surface area contributed by atoms with Crippen molar-refractivity contribution in [1.82, 2.24) is 5.32 Å². The molecule has 0 spiro atoms. The Morgan fingerprint density at radius 2 is 2.47 bits per heavy atom. The predicted molar refractivity (Wildman–Crippen MR) is 64.7 cm³/mol. The van der Waals surface area contributed by atoms with Gasteiger partial charge in [0.15, 0.2) is 0 Å². The number of hydrogen-bond donors (Lipinski definition) is 1. The Morgan fingerprint density at radius 3 is 3.13 bits per heavy atom. The normalized spacial score (nSPS) is 24.3. The molecule has 2 heterocycles. The van der Waals surface area contributed by atoms with Crippen LogP contribution in [0, 0.1) is 5.92 Å². The fourth-order valence-electron chi connectivity index (χ4n) is 1.90. The summed E-state index contributed by atoms with van der Waals surface area (Å²) in [4.78, 5) is 4.21. The Bertz CT molecular complexity index is 334. The van der Waals surface area contributed by atoms with E-state index in [1.807, 2.05) is 0 Å². The van der Waals surface area contributed by atoms with E-state index in [0.29, 0.717) is 18.4 Å². The maximum absolute atomic E-state index is 8.28. The Hall–Kier alpha value is -0.740. The fraction of sp³-hybridized carbons (Fsp3) is 0.556. The van der Waals surface area contributed by atoms with Crippen LogP contribution >= 0.6 is 23.7 Å². The average molecular weight is 245 g/mol. The molecule has 2 unspecified atom stereocenters. The highest BCUT2D eigenvalue weighted by atomic mass is 35.5. The van der Waals surface area contributed by atoms with Gasteiger partial charge in [-0.3, -0.25) is 0 Å². The Labute approximate surface area is 98.7 Å². The predicted octanol–water partition coefficient (Wildman–Crippen LogP) is 2.78. The molecule has 1 fully saturated rings. The summed E-state index contributed by atoms with van der Waals surface area (Å²) in [6.07, 6.45) is 0. The number of azide groups is 1. The van der Waals surface area contributed by atoms with E-state index >= 15 is 0 Å². The van der Waals surface area contributed by atoms with Gasteiger partial charge in [0.1, 0.15) is 0 Å². The van der Waals surface area contributed by atoms with E-state index in [0.717, 1.165) is 13.1 Å². The monoisotopic (exact) mass is 244 g/mol. The third-order valence-corrected chi connectivity index (χ3v) is 3.63. The summed E-state index contributed by atoms with van der Waals surface area (Å²) >= 11 is 1.78. The van der Waals surface area contributed by atoms with Crippen molar-refractivity contribution in [2.24, 2.45) is 11.0 Å².